The normalized spacial score (nSPS) is 24.6. The van der Waals surface area contributed by atoms with Crippen molar-refractivity contribution < 1.29 is 46.2 Å². The molecule has 10 nitrogen and oxygen atoms in total. The molecule has 2 fully saturated rings. The lowest BCUT2D eigenvalue weighted by Crippen LogP contribution is -2.50. The number of carbonyl (C=O) groups excluding carboxylic acids is 1. The van der Waals surface area contributed by atoms with E-state index in [0.29, 0.717) is 5.01 Å². The Morgan fingerprint density at radius 2 is 2.07 bits per heavy atom. The van der Waals surface area contributed by atoms with Crippen LogP contribution >= 0.6 is 22.9 Å². The van der Waals surface area contributed by atoms with Crippen molar-refractivity contribution in [3.8, 4) is 0 Å². The second-order valence-electron chi connectivity index (χ2n) is 11.1. The number of aromatic nitrogens is 1. The summed E-state index contributed by atoms with van der Waals surface area (Å²) in [5, 5.41) is 14.5. The van der Waals surface area contributed by atoms with Gasteiger partial charge >= 0.3 is 11.9 Å². The van der Waals surface area contributed by atoms with Gasteiger partial charge in [0.1, 0.15) is 18.3 Å². The molecule has 2 saturated heterocycles. The van der Waals surface area contributed by atoms with Gasteiger partial charge in [-0.25, -0.2) is 31.7 Å². The highest BCUT2D eigenvalue weighted by molar-refractivity contribution is 7.11. The van der Waals surface area contributed by atoms with E-state index in [0.717, 1.165) is 38.2 Å². The standard InChI is InChI=1S/C27H27ClF5N5O5S/c1-26(2,25(40)41)16(30)9-38-21-15(10-43-38)37(11-27(21,32)33)8-14-17(24(39)42-3)20(12-4-5-13(29)19(31)18(12)28)36-22(35-14)23-34-6-7-44-23/h4-7,15-16,20-21H,8-11H2,1-3H3,(H,35,36)(H,40,41)/t15-,16+,20-,21+/m0/s1. The van der Waals surface area contributed by atoms with Gasteiger partial charge in [0, 0.05) is 29.4 Å². The van der Waals surface area contributed by atoms with Crippen LogP contribution in [0.2, 0.25) is 5.02 Å². The Labute approximate surface area is 257 Å². The lowest BCUT2D eigenvalue weighted by atomic mass is 9.87. The molecular weight excluding hydrogens is 637 g/mol. The largest absolute Gasteiger partial charge is 0.481 e. The number of fused-ring (bicyclic) bond motifs is 1. The van der Waals surface area contributed by atoms with Crippen LogP contribution in [0.25, 0.3) is 0 Å². The third-order valence-electron chi connectivity index (χ3n) is 7.96. The van der Waals surface area contributed by atoms with E-state index in [1.165, 1.54) is 22.4 Å². The Kier molecular flexibility index (Phi) is 8.76. The van der Waals surface area contributed by atoms with Crippen LogP contribution in [0.4, 0.5) is 22.0 Å². The molecule has 1 aromatic carbocycles. The molecule has 1 aromatic heterocycles. The summed E-state index contributed by atoms with van der Waals surface area (Å²) in [4.78, 5) is 40.2. The monoisotopic (exact) mass is 663 g/mol. The number of nitrogens with one attached hydrogen (secondary N) is 1. The van der Waals surface area contributed by atoms with Crippen molar-refractivity contribution >= 4 is 40.7 Å². The van der Waals surface area contributed by atoms with Crippen LogP contribution in [0.1, 0.15) is 30.5 Å². The van der Waals surface area contributed by atoms with E-state index in [1.807, 2.05) is 0 Å². The number of alkyl halides is 3. The van der Waals surface area contributed by atoms with Gasteiger partial charge in [-0.15, -0.1) is 11.3 Å². The first-order valence-corrected chi connectivity index (χ1v) is 14.5. The first-order chi connectivity index (χ1) is 20.7. The summed E-state index contributed by atoms with van der Waals surface area (Å²) in [5.74, 6) is -8.25. The zero-order chi connectivity index (χ0) is 32.1. The van der Waals surface area contributed by atoms with Crippen LogP contribution in [-0.4, -0.2) is 95.4 Å². The molecule has 0 saturated carbocycles. The fraction of sp³-hybridized carbons (Fsp3) is 0.481. The maximum Gasteiger partial charge on any atom is 0.338 e. The number of aliphatic carboxylic acids is 1. The molecule has 5 rings (SSSR count). The average molecular weight is 664 g/mol. The molecule has 0 unspecified atom stereocenters. The number of hydroxylamine groups is 2. The number of aliphatic imine (C=N–C) groups is 1. The smallest absolute Gasteiger partial charge is 0.338 e. The van der Waals surface area contributed by atoms with Gasteiger partial charge in [0.25, 0.3) is 5.92 Å². The van der Waals surface area contributed by atoms with E-state index in [9.17, 15) is 23.5 Å². The lowest BCUT2D eigenvalue weighted by molar-refractivity contribution is -0.196. The summed E-state index contributed by atoms with van der Waals surface area (Å²) in [7, 11) is 1.09. The van der Waals surface area contributed by atoms with Gasteiger partial charge in [-0.3, -0.25) is 19.5 Å². The molecule has 3 aliphatic heterocycles. The maximum absolute atomic E-state index is 15.5. The van der Waals surface area contributed by atoms with Gasteiger partial charge in [-0.05, 0) is 19.9 Å². The molecule has 4 atom stereocenters. The van der Waals surface area contributed by atoms with Gasteiger partial charge < -0.3 is 15.2 Å². The molecule has 3 aliphatic rings. The van der Waals surface area contributed by atoms with Crippen molar-refractivity contribution in [3.05, 3.63) is 62.2 Å². The molecule has 0 radical (unpaired) electrons. The predicted molar refractivity (Wildman–Crippen MR) is 148 cm³/mol. The van der Waals surface area contributed by atoms with E-state index < -0.39 is 77.3 Å². The van der Waals surface area contributed by atoms with Gasteiger partial charge in [-0.2, -0.15) is 5.06 Å². The number of likely N-dealkylation sites (tertiary alicyclic amines) is 1. The Hall–Kier alpha value is -3.18. The minimum Gasteiger partial charge on any atom is -0.481 e. The molecule has 238 valence electrons. The highest BCUT2D eigenvalue weighted by Gasteiger charge is 2.61. The van der Waals surface area contributed by atoms with Crippen molar-refractivity contribution in [1.82, 2.24) is 20.3 Å². The Balaban J connectivity index is 1.51. The average Bonchev–Trinajstić information content (AvgIpc) is 3.70. The van der Waals surface area contributed by atoms with Crippen molar-refractivity contribution in [1.29, 1.82) is 0 Å². The van der Waals surface area contributed by atoms with Crippen LogP contribution in [0, 0.1) is 17.0 Å². The third-order valence-corrected chi connectivity index (χ3v) is 9.13. The number of carboxylic acid groups (broad SMARTS) is 1. The number of esters is 1. The zero-order valence-electron chi connectivity index (χ0n) is 23.5. The number of amidine groups is 1. The number of hydrogen-bond donors (Lipinski definition) is 2. The molecular formula is C27H27ClF5N5O5S. The molecule has 4 heterocycles. The van der Waals surface area contributed by atoms with Crippen LogP contribution in [-0.2, 0) is 19.2 Å². The molecule has 0 aliphatic carbocycles. The fourth-order valence-corrected chi connectivity index (χ4v) is 6.22. The molecule has 2 N–H and O–H groups in total. The number of hydrogen-bond acceptors (Lipinski definition) is 10. The van der Waals surface area contributed by atoms with Crippen LogP contribution in [0.3, 0.4) is 0 Å². The summed E-state index contributed by atoms with van der Waals surface area (Å²) < 4.78 is 79.5. The summed E-state index contributed by atoms with van der Waals surface area (Å²) in [6, 6.07) is -1.97. The van der Waals surface area contributed by atoms with E-state index >= 15 is 13.2 Å². The number of halogens is 6. The molecule has 44 heavy (non-hydrogen) atoms. The van der Waals surface area contributed by atoms with Gasteiger partial charge in [0.05, 0.1) is 48.9 Å². The maximum atomic E-state index is 15.5. The minimum atomic E-state index is -3.43. The number of benzene rings is 1. The first-order valence-electron chi connectivity index (χ1n) is 13.3. The summed E-state index contributed by atoms with van der Waals surface area (Å²) in [5.41, 5.74) is -2.05. The molecule has 0 bridgehead atoms. The summed E-state index contributed by atoms with van der Waals surface area (Å²) in [6.07, 6.45) is -0.543. The van der Waals surface area contributed by atoms with Gasteiger partial charge in [-0.1, -0.05) is 17.7 Å². The second-order valence-corrected chi connectivity index (χ2v) is 12.3. The summed E-state index contributed by atoms with van der Waals surface area (Å²) >= 11 is 7.34. The topological polar surface area (TPSA) is 117 Å². The predicted octanol–water partition coefficient (Wildman–Crippen LogP) is 3.98. The number of nitrogens with zero attached hydrogens (tertiary/aromatic N) is 4. The number of methoxy groups -OCH3 is 1. The van der Waals surface area contributed by atoms with Crippen molar-refractivity contribution in [2.24, 2.45) is 10.4 Å². The molecule has 2 aromatic rings. The number of carbonyl (C=O) groups is 2. The number of thiazole rings is 1. The highest BCUT2D eigenvalue weighted by Crippen LogP contribution is 2.43. The van der Waals surface area contributed by atoms with Crippen molar-refractivity contribution in [3.63, 3.8) is 0 Å². The molecule has 0 amide bonds. The number of rotatable bonds is 9. The lowest BCUT2D eigenvalue weighted by Gasteiger charge is -2.31. The van der Waals surface area contributed by atoms with E-state index in [2.05, 4.69) is 15.3 Å². The number of ether oxygens (including phenoxy) is 1. The molecule has 17 heteroatoms. The Morgan fingerprint density at radius 3 is 2.70 bits per heavy atom. The van der Waals surface area contributed by atoms with Crippen LogP contribution < -0.4 is 5.32 Å². The Bertz CT molecular complexity index is 1520. The fourth-order valence-electron chi connectivity index (χ4n) is 5.37. The highest BCUT2D eigenvalue weighted by atomic mass is 35.5. The van der Waals surface area contributed by atoms with E-state index in [-0.39, 0.29) is 35.8 Å². The van der Waals surface area contributed by atoms with Crippen molar-refractivity contribution in [2.75, 3.05) is 33.4 Å². The Morgan fingerprint density at radius 1 is 1.34 bits per heavy atom. The van der Waals surface area contributed by atoms with Crippen LogP contribution in [0.5, 0.6) is 0 Å². The van der Waals surface area contributed by atoms with E-state index in [1.54, 1.807) is 5.38 Å². The second kappa shape index (κ2) is 12.0. The van der Waals surface area contributed by atoms with Gasteiger partial charge in [0.2, 0.25) is 0 Å². The SMILES string of the molecule is COC(=O)C1=C(CN2CC(F)(F)[C@H]3[C@@H]2CON3C[C@@H](F)C(C)(C)C(=O)O)NC(c2nccs2)=N[C@H]1c1ccc(F)c(F)c1Cl. The third kappa shape index (κ3) is 5.69. The first kappa shape index (κ1) is 32.2. The number of carboxylic acids is 1. The minimum absolute atomic E-state index is 0.0631. The van der Waals surface area contributed by atoms with Gasteiger partial charge in [0.15, 0.2) is 22.5 Å². The molecule has 0 spiro atoms. The zero-order valence-corrected chi connectivity index (χ0v) is 25.1. The van der Waals surface area contributed by atoms with E-state index in [4.69, 9.17) is 21.2 Å². The van der Waals surface area contributed by atoms with Crippen LogP contribution in [0.15, 0.2) is 40.0 Å². The summed E-state index contributed by atoms with van der Waals surface area (Å²) in [6.45, 7) is 0.184. The quantitative estimate of drug-likeness (QED) is 0.234. The van der Waals surface area contributed by atoms with Crippen molar-refractivity contribution in [2.45, 2.75) is 44.1 Å².